The molecule has 0 unspecified atom stereocenters. The molecule has 0 spiro atoms. The minimum absolute atomic E-state index is 0.124. The first-order valence-corrected chi connectivity index (χ1v) is 7.20. The second kappa shape index (κ2) is 4.56. The number of aryl methyl sites for hydroxylation is 2. The van der Waals surface area contributed by atoms with Crippen LogP contribution in [0.2, 0.25) is 0 Å². The van der Waals surface area contributed by atoms with Crippen LogP contribution in [-0.2, 0) is 7.05 Å². The summed E-state index contributed by atoms with van der Waals surface area (Å²) in [5.41, 5.74) is 4.63. The van der Waals surface area contributed by atoms with Gasteiger partial charge in [0.15, 0.2) is 0 Å². The van der Waals surface area contributed by atoms with Crippen molar-refractivity contribution < 1.29 is 0 Å². The fourth-order valence-corrected chi connectivity index (χ4v) is 2.91. The summed E-state index contributed by atoms with van der Waals surface area (Å²) in [6.45, 7) is 2.06. The fraction of sp³-hybridized carbons (Fsp3) is 0.111. The van der Waals surface area contributed by atoms with Gasteiger partial charge in [0.1, 0.15) is 5.52 Å². The number of fused-ring (bicyclic) bond motifs is 3. The molecule has 0 radical (unpaired) electrons. The predicted molar refractivity (Wildman–Crippen MR) is 88.6 cm³/mol. The van der Waals surface area contributed by atoms with Gasteiger partial charge in [0.05, 0.1) is 16.7 Å². The molecular formula is C18H15N3O. The maximum absolute atomic E-state index is 12.4. The van der Waals surface area contributed by atoms with Gasteiger partial charge in [-0.15, -0.1) is 0 Å². The molecule has 22 heavy (non-hydrogen) atoms. The van der Waals surface area contributed by atoms with E-state index in [1.165, 1.54) is 10.2 Å². The molecule has 0 atom stereocenters. The third kappa shape index (κ3) is 1.77. The molecule has 0 bridgehead atoms. The minimum Gasteiger partial charge on any atom is -0.342 e. The Kier molecular flexibility index (Phi) is 2.66. The molecule has 0 amide bonds. The molecule has 0 aliphatic heterocycles. The van der Waals surface area contributed by atoms with E-state index in [0.717, 1.165) is 27.6 Å². The highest BCUT2D eigenvalue weighted by Crippen LogP contribution is 2.26. The summed E-state index contributed by atoms with van der Waals surface area (Å²) in [6, 6.07) is 17.4. The van der Waals surface area contributed by atoms with Crippen molar-refractivity contribution >= 4 is 21.9 Å². The molecule has 0 saturated heterocycles. The standard InChI is InChI=1S/C18H15N3O/c1-12-8-9-15-14(10-12)18-16(20(15)2)11-17(22)21(19-18)13-6-4-3-5-7-13/h3-11H,1-2H3. The fourth-order valence-electron chi connectivity index (χ4n) is 2.91. The quantitative estimate of drug-likeness (QED) is 0.540. The Bertz CT molecular complexity index is 1060. The van der Waals surface area contributed by atoms with Crippen LogP contribution >= 0.6 is 0 Å². The molecule has 0 aliphatic rings. The summed E-state index contributed by atoms with van der Waals surface area (Å²) >= 11 is 0. The molecule has 0 N–H and O–H groups in total. The van der Waals surface area contributed by atoms with Crippen molar-refractivity contribution in [3.8, 4) is 5.69 Å². The minimum atomic E-state index is -0.124. The van der Waals surface area contributed by atoms with Gasteiger partial charge in [-0.05, 0) is 31.2 Å². The SMILES string of the molecule is Cc1ccc2c(c1)c1nn(-c3ccccc3)c(=O)cc1n2C. The van der Waals surface area contributed by atoms with Crippen LogP contribution in [0.4, 0.5) is 0 Å². The molecule has 2 aromatic carbocycles. The second-order valence-corrected chi connectivity index (χ2v) is 5.54. The normalized spacial score (nSPS) is 11.4. The largest absolute Gasteiger partial charge is 0.342 e. The first kappa shape index (κ1) is 12.8. The van der Waals surface area contributed by atoms with E-state index in [2.05, 4.69) is 30.2 Å². The summed E-state index contributed by atoms with van der Waals surface area (Å²) < 4.78 is 3.48. The predicted octanol–water partition coefficient (Wildman–Crippen LogP) is 3.19. The Labute approximate surface area is 127 Å². The summed E-state index contributed by atoms with van der Waals surface area (Å²) in [4.78, 5) is 12.4. The van der Waals surface area contributed by atoms with Gasteiger partial charge in [-0.1, -0.05) is 29.8 Å². The summed E-state index contributed by atoms with van der Waals surface area (Å²) in [6.07, 6.45) is 0. The second-order valence-electron chi connectivity index (χ2n) is 5.54. The van der Waals surface area contributed by atoms with E-state index in [4.69, 9.17) is 0 Å². The molecule has 4 aromatic rings. The number of para-hydroxylation sites is 1. The molecule has 0 saturated carbocycles. The van der Waals surface area contributed by atoms with Crippen molar-refractivity contribution in [3.63, 3.8) is 0 Å². The van der Waals surface area contributed by atoms with Crippen molar-refractivity contribution in [2.75, 3.05) is 0 Å². The van der Waals surface area contributed by atoms with Crippen LogP contribution in [0.3, 0.4) is 0 Å². The maximum Gasteiger partial charge on any atom is 0.273 e. The Morgan fingerprint density at radius 2 is 1.73 bits per heavy atom. The zero-order valence-corrected chi connectivity index (χ0v) is 12.4. The molecule has 0 aliphatic carbocycles. The highest BCUT2D eigenvalue weighted by atomic mass is 16.1. The maximum atomic E-state index is 12.4. The third-order valence-corrected chi connectivity index (χ3v) is 4.04. The Morgan fingerprint density at radius 1 is 0.955 bits per heavy atom. The van der Waals surface area contributed by atoms with Crippen LogP contribution in [-0.4, -0.2) is 14.3 Å². The molecule has 108 valence electrons. The van der Waals surface area contributed by atoms with E-state index in [-0.39, 0.29) is 5.56 Å². The first-order valence-electron chi connectivity index (χ1n) is 7.20. The van der Waals surface area contributed by atoms with E-state index in [0.29, 0.717) is 0 Å². The number of hydrogen-bond donors (Lipinski definition) is 0. The third-order valence-electron chi connectivity index (χ3n) is 4.04. The molecule has 2 aromatic heterocycles. The van der Waals surface area contributed by atoms with Gasteiger partial charge < -0.3 is 4.57 Å². The van der Waals surface area contributed by atoms with Crippen LogP contribution in [0.1, 0.15) is 5.56 Å². The Hall–Kier alpha value is -2.88. The topological polar surface area (TPSA) is 39.8 Å². The number of benzene rings is 2. The summed E-state index contributed by atoms with van der Waals surface area (Å²) in [5, 5.41) is 5.69. The van der Waals surface area contributed by atoms with Crippen LogP contribution in [0, 0.1) is 6.92 Å². The van der Waals surface area contributed by atoms with Crippen molar-refractivity contribution in [2.45, 2.75) is 6.92 Å². The van der Waals surface area contributed by atoms with E-state index < -0.39 is 0 Å². The smallest absolute Gasteiger partial charge is 0.273 e. The number of rotatable bonds is 1. The van der Waals surface area contributed by atoms with Crippen molar-refractivity contribution in [1.82, 2.24) is 14.3 Å². The zero-order valence-electron chi connectivity index (χ0n) is 12.4. The Morgan fingerprint density at radius 3 is 2.50 bits per heavy atom. The number of hydrogen-bond acceptors (Lipinski definition) is 2. The average Bonchev–Trinajstić information content (AvgIpc) is 2.79. The van der Waals surface area contributed by atoms with Crippen LogP contribution in [0.15, 0.2) is 59.4 Å². The van der Waals surface area contributed by atoms with Crippen LogP contribution in [0.5, 0.6) is 0 Å². The van der Waals surface area contributed by atoms with Gasteiger partial charge in [-0.2, -0.15) is 9.78 Å². The lowest BCUT2D eigenvalue weighted by atomic mass is 10.1. The lowest BCUT2D eigenvalue weighted by Gasteiger charge is -2.04. The summed E-state index contributed by atoms with van der Waals surface area (Å²) in [7, 11) is 1.97. The van der Waals surface area contributed by atoms with Crippen LogP contribution < -0.4 is 5.56 Å². The molecule has 4 heteroatoms. The van der Waals surface area contributed by atoms with Gasteiger partial charge in [0.25, 0.3) is 5.56 Å². The lowest BCUT2D eigenvalue weighted by molar-refractivity contribution is 0.829. The van der Waals surface area contributed by atoms with Crippen molar-refractivity contribution in [3.05, 3.63) is 70.5 Å². The van der Waals surface area contributed by atoms with Gasteiger partial charge in [-0.3, -0.25) is 4.79 Å². The van der Waals surface area contributed by atoms with Crippen molar-refractivity contribution in [1.29, 1.82) is 0 Å². The highest BCUT2D eigenvalue weighted by Gasteiger charge is 2.12. The van der Waals surface area contributed by atoms with E-state index in [9.17, 15) is 4.79 Å². The average molecular weight is 289 g/mol. The summed E-state index contributed by atoms with van der Waals surface area (Å²) in [5.74, 6) is 0. The number of nitrogens with zero attached hydrogens (tertiary/aromatic N) is 3. The van der Waals surface area contributed by atoms with Crippen molar-refractivity contribution in [2.24, 2.45) is 7.05 Å². The molecule has 4 nitrogen and oxygen atoms in total. The van der Waals surface area contributed by atoms with E-state index >= 15 is 0 Å². The van der Waals surface area contributed by atoms with Gasteiger partial charge >= 0.3 is 0 Å². The Balaban J connectivity index is 2.14. The van der Waals surface area contributed by atoms with E-state index in [1.54, 1.807) is 6.07 Å². The van der Waals surface area contributed by atoms with Gasteiger partial charge in [0, 0.05) is 18.5 Å². The zero-order chi connectivity index (χ0) is 15.3. The first-order chi connectivity index (χ1) is 10.6. The molecule has 4 rings (SSSR count). The molecule has 0 fully saturated rings. The highest BCUT2D eigenvalue weighted by molar-refractivity contribution is 6.05. The van der Waals surface area contributed by atoms with Gasteiger partial charge in [0.2, 0.25) is 0 Å². The molecule has 2 heterocycles. The van der Waals surface area contributed by atoms with Crippen LogP contribution in [0.25, 0.3) is 27.6 Å². The monoisotopic (exact) mass is 289 g/mol. The molecular weight excluding hydrogens is 274 g/mol. The lowest BCUT2D eigenvalue weighted by Crippen LogP contribution is -2.20. The van der Waals surface area contributed by atoms with E-state index in [1.807, 2.05) is 41.9 Å². The van der Waals surface area contributed by atoms with Gasteiger partial charge in [-0.25, -0.2) is 0 Å². The number of aromatic nitrogens is 3.